The van der Waals surface area contributed by atoms with Crippen molar-refractivity contribution in [3.05, 3.63) is 88.9 Å². The van der Waals surface area contributed by atoms with Gasteiger partial charge in [0, 0.05) is 74.7 Å². The number of anilines is 2. The number of aromatic carboxylic acids is 1. The van der Waals surface area contributed by atoms with Crippen molar-refractivity contribution in [3.8, 4) is 11.1 Å². The Balaban J connectivity index is 0.896. The number of hydrogen-bond donors (Lipinski definition) is 5. The molecular weight excluding hydrogens is 945 g/mol. The highest BCUT2D eigenvalue weighted by molar-refractivity contribution is 7.86. The van der Waals surface area contributed by atoms with E-state index >= 15 is 0 Å². The molecule has 4 aliphatic carbocycles. The number of carboxylic acids is 1. The number of thiazole rings is 1. The van der Waals surface area contributed by atoms with Gasteiger partial charge in [0.1, 0.15) is 5.82 Å². The molecule has 0 spiro atoms. The fourth-order valence-corrected chi connectivity index (χ4v) is 14.7. The Kier molecular flexibility index (Phi) is 13.3. The van der Waals surface area contributed by atoms with Gasteiger partial charge < -0.3 is 20.1 Å². The summed E-state index contributed by atoms with van der Waals surface area (Å²) in [5, 5.41) is 22.0. The summed E-state index contributed by atoms with van der Waals surface area (Å²) in [5.41, 5.74) is 4.65. The number of aromatic nitrogens is 4. The second kappa shape index (κ2) is 18.7. The number of carboxylic acid groups (broad SMARTS) is 1. The SMILES string of the molecule is Cc1c(-c2ccc(N3CCc4cccc(C(=O)Nc5nc6ccccc6s5)c4C3)nc2C(=O)O)cnn1CC12CC3(C)CC(C)(C1)CC(OCCN(CCNCCS(=O)(=O)O)CCS(=O)(=O)O)(C3)C2. The molecule has 370 valence electrons. The van der Waals surface area contributed by atoms with E-state index in [1.54, 1.807) is 12.3 Å². The van der Waals surface area contributed by atoms with Crippen molar-refractivity contribution in [2.45, 2.75) is 84.4 Å². The number of nitrogens with zero attached hydrogens (tertiary/aromatic N) is 6. The molecule has 2 atom stereocenters. The van der Waals surface area contributed by atoms with E-state index in [2.05, 4.69) is 29.5 Å². The second-order valence-corrected chi connectivity index (χ2v) is 24.8. The Hall–Kier alpha value is -4.87. The van der Waals surface area contributed by atoms with Gasteiger partial charge in [-0.25, -0.2) is 14.8 Å². The topological polar surface area (TPSA) is 246 Å². The van der Waals surface area contributed by atoms with Crippen LogP contribution in [0.3, 0.4) is 0 Å². The molecule has 5 aliphatic rings. The smallest absolute Gasteiger partial charge is 0.355 e. The minimum Gasteiger partial charge on any atom is -0.476 e. The first-order valence-corrected chi connectivity index (χ1v) is 27.4. The van der Waals surface area contributed by atoms with Crippen LogP contribution in [0.1, 0.15) is 90.0 Å². The van der Waals surface area contributed by atoms with Crippen molar-refractivity contribution < 1.29 is 45.4 Å². The number of hydrogen-bond acceptors (Lipinski definition) is 14. The van der Waals surface area contributed by atoms with Crippen molar-refractivity contribution >= 4 is 64.6 Å². The van der Waals surface area contributed by atoms with Crippen molar-refractivity contribution in [2.75, 3.05) is 67.6 Å². The van der Waals surface area contributed by atoms with Crippen LogP contribution < -0.4 is 15.5 Å². The highest BCUT2D eigenvalue weighted by Crippen LogP contribution is 2.72. The van der Waals surface area contributed by atoms with Gasteiger partial charge in [-0.05, 0) is 110 Å². The third-order valence-electron chi connectivity index (χ3n) is 14.6. The maximum Gasteiger partial charge on any atom is 0.355 e. The maximum absolute atomic E-state index is 13.7. The number of pyridine rings is 1. The van der Waals surface area contributed by atoms with Crippen LogP contribution in [0, 0.1) is 23.2 Å². The average Bonchev–Trinajstić information content (AvgIpc) is 3.83. The van der Waals surface area contributed by atoms with Crippen molar-refractivity contribution in [2.24, 2.45) is 16.2 Å². The van der Waals surface area contributed by atoms with Gasteiger partial charge in [-0.3, -0.25) is 28.8 Å². The van der Waals surface area contributed by atoms with Gasteiger partial charge in [-0.2, -0.15) is 21.9 Å². The molecule has 1 aliphatic heterocycles. The molecule has 5 aromatic rings. The summed E-state index contributed by atoms with van der Waals surface area (Å²) >= 11 is 1.42. The minimum atomic E-state index is -4.22. The summed E-state index contributed by atoms with van der Waals surface area (Å²) in [5.74, 6) is -1.80. The quantitative estimate of drug-likeness (QED) is 0.0432. The number of ether oxygens (including phenoxy) is 1. The first-order valence-electron chi connectivity index (χ1n) is 23.4. The van der Waals surface area contributed by atoms with E-state index in [0.29, 0.717) is 79.9 Å². The predicted octanol–water partition coefficient (Wildman–Crippen LogP) is 6.18. The lowest BCUT2D eigenvalue weighted by Crippen LogP contribution is -2.64. The molecule has 0 radical (unpaired) electrons. The van der Waals surface area contributed by atoms with Crippen LogP contribution in [0.5, 0.6) is 0 Å². The number of carbonyl (C=O) groups is 2. The standard InChI is InChI=1S/C48H60N8O10S3/c1-32-36(34-11-12-40(52-41(34)43(58)59)55-16-13-33-7-6-8-35(37(33)24-55)42(57)53-44-51-38-9-4-5-10-39(38)67-44)23-50-56(32)31-47-26-45(2)25-46(3,27-47)29-48(28-45,30-47)66-20-18-54(19-22-69(63,64)65)17-14-49-15-21-68(60,61)62/h4-12,23,49H,13-22,24-31H2,1-3H3,(H,58,59)(H,51,53,57)(H,60,61,62)(H,63,64,65). The summed E-state index contributed by atoms with van der Waals surface area (Å²) in [6.07, 6.45) is 8.04. The fourth-order valence-electron chi connectivity index (χ4n) is 13.0. The van der Waals surface area contributed by atoms with Crippen molar-refractivity contribution in [1.82, 2.24) is 30.0 Å². The number of rotatable bonds is 20. The monoisotopic (exact) mass is 1000 g/mol. The van der Waals surface area contributed by atoms with Gasteiger partial charge >= 0.3 is 5.97 Å². The van der Waals surface area contributed by atoms with E-state index in [4.69, 9.17) is 19.4 Å². The number of amides is 1. The van der Waals surface area contributed by atoms with E-state index in [9.17, 15) is 36.1 Å². The van der Waals surface area contributed by atoms with Crippen LogP contribution in [-0.2, 0) is 44.5 Å². The fraction of sp³-hybridized carbons (Fsp3) is 0.521. The van der Waals surface area contributed by atoms with Gasteiger partial charge in [0.2, 0.25) is 0 Å². The molecule has 4 fully saturated rings. The number of nitrogens with one attached hydrogen (secondary N) is 2. The van der Waals surface area contributed by atoms with E-state index in [1.807, 2.05) is 69.9 Å². The average molecular weight is 1010 g/mol. The molecule has 3 aromatic heterocycles. The molecule has 4 heterocycles. The van der Waals surface area contributed by atoms with Crippen LogP contribution in [-0.4, -0.2) is 131 Å². The van der Waals surface area contributed by atoms with E-state index in [-0.39, 0.29) is 40.9 Å². The Bertz CT molecular complexity index is 2960. The molecule has 21 heteroatoms. The van der Waals surface area contributed by atoms with E-state index < -0.39 is 43.3 Å². The number of benzene rings is 2. The highest BCUT2D eigenvalue weighted by atomic mass is 32.2. The van der Waals surface area contributed by atoms with Gasteiger partial charge in [-0.1, -0.05) is 49.4 Å². The van der Waals surface area contributed by atoms with Gasteiger partial charge in [0.15, 0.2) is 10.8 Å². The number of carbonyl (C=O) groups excluding carboxylic acids is 1. The van der Waals surface area contributed by atoms with E-state index in [1.165, 1.54) is 11.3 Å². The van der Waals surface area contributed by atoms with Crippen molar-refractivity contribution in [3.63, 3.8) is 0 Å². The van der Waals surface area contributed by atoms with Crippen molar-refractivity contribution in [1.29, 1.82) is 0 Å². The lowest BCUT2D eigenvalue weighted by Gasteiger charge is -2.69. The lowest BCUT2D eigenvalue weighted by molar-refractivity contribution is -0.248. The summed E-state index contributed by atoms with van der Waals surface area (Å²) in [4.78, 5) is 39.9. The summed E-state index contributed by atoms with van der Waals surface area (Å²) in [7, 11) is -8.34. The molecule has 2 aromatic carbocycles. The molecule has 1 amide bonds. The Morgan fingerprint density at radius 1 is 0.855 bits per heavy atom. The summed E-state index contributed by atoms with van der Waals surface area (Å²) in [6, 6.07) is 17.1. The van der Waals surface area contributed by atoms with Gasteiger partial charge in [-0.15, -0.1) is 0 Å². The van der Waals surface area contributed by atoms with Gasteiger partial charge in [0.25, 0.3) is 26.1 Å². The molecule has 2 unspecified atom stereocenters. The molecule has 18 nitrogen and oxygen atoms in total. The molecule has 4 bridgehead atoms. The molecular formula is C48H60N8O10S3. The van der Waals surface area contributed by atoms with Crippen LogP contribution in [0.2, 0.25) is 0 Å². The third-order valence-corrected chi connectivity index (χ3v) is 17.0. The first kappa shape index (κ1) is 49.1. The molecule has 0 saturated heterocycles. The molecule has 5 N–H and O–H groups in total. The van der Waals surface area contributed by atoms with Crippen LogP contribution in [0.4, 0.5) is 10.9 Å². The minimum absolute atomic E-state index is 0.0151. The Morgan fingerprint density at radius 2 is 1.61 bits per heavy atom. The maximum atomic E-state index is 13.7. The Morgan fingerprint density at radius 3 is 2.33 bits per heavy atom. The van der Waals surface area contributed by atoms with Crippen LogP contribution in [0.25, 0.3) is 21.3 Å². The van der Waals surface area contributed by atoms with Crippen LogP contribution in [0.15, 0.2) is 60.8 Å². The zero-order valence-electron chi connectivity index (χ0n) is 39.1. The molecule has 69 heavy (non-hydrogen) atoms. The molecule has 4 saturated carbocycles. The number of para-hydroxylation sites is 1. The number of fused-ring (bicyclic) bond motifs is 2. The van der Waals surface area contributed by atoms with E-state index in [0.717, 1.165) is 65.6 Å². The first-order chi connectivity index (χ1) is 32.6. The highest BCUT2D eigenvalue weighted by Gasteiger charge is 2.66. The zero-order chi connectivity index (χ0) is 49.0. The Labute approximate surface area is 406 Å². The normalized spacial score (nSPS) is 24.3. The largest absolute Gasteiger partial charge is 0.476 e. The van der Waals surface area contributed by atoms with Gasteiger partial charge in [0.05, 0.1) is 40.1 Å². The second-order valence-electron chi connectivity index (χ2n) is 20.6. The molecule has 10 rings (SSSR count). The third kappa shape index (κ3) is 11.0. The predicted molar refractivity (Wildman–Crippen MR) is 263 cm³/mol. The summed E-state index contributed by atoms with van der Waals surface area (Å²) < 4.78 is 74.1. The summed E-state index contributed by atoms with van der Waals surface area (Å²) in [6.45, 7) is 9.81. The zero-order valence-corrected chi connectivity index (χ0v) is 41.6. The lowest BCUT2D eigenvalue weighted by atomic mass is 9.39. The van der Waals surface area contributed by atoms with Crippen LogP contribution >= 0.6 is 11.3 Å².